The van der Waals surface area contributed by atoms with Gasteiger partial charge in [0.2, 0.25) is 0 Å². The number of rotatable bonds is 8. The normalized spacial score (nSPS) is 15.9. The fourth-order valence-corrected chi connectivity index (χ4v) is 4.64. The molecule has 1 N–H and O–H groups in total. The molecule has 1 saturated heterocycles. The topological polar surface area (TPSA) is 104 Å². The standard InChI is InChI=1S/C27H39N5O4/c1-18(2)31-24(20(5)25(34)32(19(3)4)26(31)35)30-14-12-29(13-15-30)17-23(33)27(6,7)36-22-10-8-21(16-28)9-11-22/h8-11,18-19,23,33H,12-15,17H2,1-7H3. The summed E-state index contributed by atoms with van der Waals surface area (Å²) < 4.78 is 9.10. The van der Waals surface area contributed by atoms with Gasteiger partial charge >= 0.3 is 5.69 Å². The molecule has 1 aromatic heterocycles. The molecule has 9 heteroatoms. The van der Waals surface area contributed by atoms with Gasteiger partial charge in [0.15, 0.2) is 0 Å². The van der Waals surface area contributed by atoms with Crippen LogP contribution in [0.5, 0.6) is 5.75 Å². The van der Waals surface area contributed by atoms with E-state index in [1.54, 1.807) is 35.8 Å². The van der Waals surface area contributed by atoms with Crippen molar-refractivity contribution in [3.8, 4) is 11.8 Å². The van der Waals surface area contributed by atoms with Crippen LogP contribution in [0.4, 0.5) is 5.82 Å². The Bertz CT molecular complexity index is 1210. The number of β-amino-alcohol motifs (C(OH)–C–C–N with tert-alkyl or cyclic N) is 1. The number of ether oxygens (including phenoxy) is 1. The van der Waals surface area contributed by atoms with Gasteiger partial charge in [0.1, 0.15) is 23.3 Å². The number of hydrogen-bond donors (Lipinski definition) is 1. The molecule has 2 aromatic rings. The summed E-state index contributed by atoms with van der Waals surface area (Å²) >= 11 is 0. The van der Waals surface area contributed by atoms with Crippen molar-refractivity contribution in [3.63, 3.8) is 0 Å². The van der Waals surface area contributed by atoms with Crippen molar-refractivity contribution in [1.82, 2.24) is 14.0 Å². The highest BCUT2D eigenvalue weighted by molar-refractivity contribution is 5.47. The van der Waals surface area contributed by atoms with Crippen molar-refractivity contribution in [2.45, 2.75) is 72.3 Å². The van der Waals surface area contributed by atoms with E-state index in [0.29, 0.717) is 55.4 Å². The van der Waals surface area contributed by atoms with Crippen LogP contribution in [0.1, 0.15) is 64.8 Å². The third-order valence-electron chi connectivity index (χ3n) is 6.82. The summed E-state index contributed by atoms with van der Waals surface area (Å²) in [5, 5.41) is 19.9. The summed E-state index contributed by atoms with van der Waals surface area (Å²) in [6.45, 7) is 16.2. The average molecular weight is 498 g/mol. The second-order valence-electron chi connectivity index (χ2n) is 10.6. The summed E-state index contributed by atoms with van der Waals surface area (Å²) in [6, 6.07) is 8.63. The summed E-state index contributed by atoms with van der Waals surface area (Å²) in [4.78, 5) is 30.5. The first-order valence-corrected chi connectivity index (χ1v) is 12.6. The van der Waals surface area contributed by atoms with Gasteiger partial charge in [-0.1, -0.05) is 0 Å². The van der Waals surface area contributed by atoms with Crippen LogP contribution < -0.4 is 20.9 Å². The van der Waals surface area contributed by atoms with E-state index in [0.717, 1.165) is 0 Å². The smallest absolute Gasteiger partial charge is 0.333 e. The predicted octanol–water partition coefficient (Wildman–Crippen LogP) is 2.69. The fourth-order valence-electron chi connectivity index (χ4n) is 4.64. The van der Waals surface area contributed by atoms with E-state index in [4.69, 9.17) is 10.00 Å². The third-order valence-corrected chi connectivity index (χ3v) is 6.82. The second kappa shape index (κ2) is 10.9. The molecule has 0 aliphatic carbocycles. The third kappa shape index (κ3) is 5.66. The Morgan fingerprint density at radius 2 is 1.56 bits per heavy atom. The molecule has 196 valence electrons. The SMILES string of the molecule is Cc1c(N2CCN(CC(O)C(C)(C)Oc3ccc(C#N)cc3)CC2)n(C(C)C)c(=O)n(C(C)C)c1=O. The number of aliphatic hydroxyl groups is 1. The maximum atomic E-state index is 13.2. The second-order valence-corrected chi connectivity index (χ2v) is 10.6. The number of nitriles is 1. The zero-order valence-corrected chi connectivity index (χ0v) is 22.5. The van der Waals surface area contributed by atoms with E-state index in [1.807, 2.05) is 41.5 Å². The largest absolute Gasteiger partial charge is 0.485 e. The zero-order valence-electron chi connectivity index (χ0n) is 22.5. The Hall–Kier alpha value is -3.09. The molecule has 1 aliphatic rings. The van der Waals surface area contributed by atoms with Crippen molar-refractivity contribution in [1.29, 1.82) is 5.26 Å². The Morgan fingerprint density at radius 3 is 2.06 bits per heavy atom. The monoisotopic (exact) mass is 497 g/mol. The molecule has 1 aliphatic heterocycles. The van der Waals surface area contributed by atoms with Crippen LogP contribution in [0, 0.1) is 18.3 Å². The Kier molecular flexibility index (Phi) is 8.32. The Labute approximate surface area is 213 Å². The van der Waals surface area contributed by atoms with Gasteiger partial charge in [0, 0.05) is 44.8 Å². The molecular weight excluding hydrogens is 458 g/mol. The molecule has 1 aromatic carbocycles. The lowest BCUT2D eigenvalue weighted by atomic mass is 10.0. The lowest BCUT2D eigenvalue weighted by Gasteiger charge is -2.41. The minimum Gasteiger partial charge on any atom is -0.485 e. The lowest BCUT2D eigenvalue weighted by Crippen LogP contribution is -2.55. The number of nitrogens with zero attached hydrogens (tertiary/aromatic N) is 5. The van der Waals surface area contributed by atoms with E-state index >= 15 is 0 Å². The van der Waals surface area contributed by atoms with Gasteiger partial charge in [0.05, 0.1) is 17.2 Å². The minimum absolute atomic E-state index is 0.0863. The molecular formula is C27H39N5O4. The van der Waals surface area contributed by atoms with Gasteiger partial charge in [-0.3, -0.25) is 18.8 Å². The number of aliphatic hydroxyl groups excluding tert-OH is 1. The maximum Gasteiger partial charge on any atom is 0.333 e. The van der Waals surface area contributed by atoms with Crippen LogP contribution in [0.25, 0.3) is 0 Å². The van der Waals surface area contributed by atoms with Crippen LogP contribution in [0.3, 0.4) is 0 Å². The Morgan fingerprint density at radius 1 is 1.00 bits per heavy atom. The lowest BCUT2D eigenvalue weighted by molar-refractivity contribution is -0.0449. The number of hydrogen-bond acceptors (Lipinski definition) is 7. The van der Waals surface area contributed by atoms with Crippen molar-refractivity contribution >= 4 is 5.82 Å². The van der Waals surface area contributed by atoms with Crippen molar-refractivity contribution < 1.29 is 9.84 Å². The fraction of sp³-hybridized carbons (Fsp3) is 0.593. The molecule has 0 radical (unpaired) electrons. The number of benzene rings is 1. The maximum absolute atomic E-state index is 13.2. The molecule has 0 amide bonds. The highest BCUT2D eigenvalue weighted by atomic mass is 16.5. The zero-order chi connectivity index (χ0) is 26.8. The van der Waals surface area contributed by atoms with Crippen molar-refractivity contribution in [2.24, 2.45) is 0 Å². The van der Waals surface area contributed by atoms with Crippen LogP contribution in [0.15, 0.2) is 33.9 Å². The molecule has 3 rings (SSSR count). The van der Waals surface area contributed by atoms with Gasteiger partial charge < -0.3 is 14.7 Å². The molecule has 0 saturated carbocycles. The van der Waals surface area contributed by atoms with Gasteiger partial charge in [-0.05, 0) is 72.7 Å². The summed E-state index contributed by atoms with van der Waals surface area (Å²) in [6.07, 6.45) is -0.745. The van der Waals surface area contributed by atoms with Gasteiger partial charge in [-0.15, -0.1) is 0 Å². The number of anilines is 1. The minimum atomic E-state index is -0.832. The van der Waals surface area contributed by atoms with Crippen LogP contribution >= 0.6 is 0 Å². The van der Waals surface area contributed by atoms with Crippen molar-refractivity contribution in [3.05, 3.63) is 56.2 Å². The number of piperazine rings is 1. The summed E-state index contributed by atoms with van der Waals surface area (Å²) in [5.74, 6) is 1.29. The first-order chi connectivity index (χ1) is 16.9. The van der Waals surface area contributed by atoms with Gasteiger partial charge in [-0.2, -0.15) is 5.26 Å². The summed E-state index contributed by atoms with van der Waals surface area (Å²) in [7, 11) is 0. The Balaban J connectivity index is 1.71. The molecule has 1 atom stereocenters. The summed E-state index contributed by atoms with van der Waals surface area (Å²) in [5.41, 5.74) is -0.200. The quantitative estimate of drug-likeness (QED) is 0.598. The first kappa shape index (κ1) is 27.5. The van der Waals surface area contributed by atoms with Gasteiger partial charge in [0.25, 0.3) is 5.56 Å². The van der Waals surface area contributed by atoms with E-state index in [2.05, 4.69) is 15.9 Å². The molecule has 0 bridgehead atoms. The van der Waals surface area contributed by atoms with E-state index in [-0.39, 0.29) is 23.3 Å². The molecule has 0 spiro atoms. The van der Waals surface area contributed by atoms with Crippen LogP contribution in [0.2, 0.25) is 0 Å². The number of aromatic nitrogens is 2. The van der Waals surface area contributed by atoms with E-state index in [1.165, 1.54) is 4.57 Å². The first-order valence-electron chi connectivity index (χ1n) is 12.6. The van der Waals surface area contributed by atoms with Gasteiger partial charge in [-0.25, -0.2) is 4.79 Å². The van der Waals surface area contributed by atoms with E-state index in [9.17, 15) is 14.7 Å². The predicted molar refractivity (Wildman–Crippen MR) is 141 cm³/mol. The molecule has 1 fully saturated rings. The highest BCUT2D eigenvalue weighted by Crippen LogP contribution is 2.25. The molecule has 1 unspecified atom stereocenters. The molecule has 2 heterocycles. The van der Waals surface area contributed by atoms with Crippen molar-refractivity contribution in [2.75, 3.05) is 37.6 Å². The van der Waals surface area contributed by atoms with Crippen LogP contribution in [-0.2, 0) is 0 Å². The average Bonchev–Trinajstić information content (AvgIpc) is 2.81. The highest BCUT2D eigenvalue weighted by Gasteiger charge is 2.33. The van der Waals surface area contributed by atoms with Crippen LogP contribution in [-0.4, -0.2) is 63.6 Å². The molecule has 36 heavy (non-hydrogen) atoms. The van der Waals surface area contributed by atoms with E-state index < -0.39 is 11.7 Å². The molecule has 9 nitrogen and oxygen atoms in total.